The van der Waals surface area contributed by atoms with E-state index in [4.69, 9.17) is 4.98 Å². The fourth-order valence-electron chi connectivity index (χ4n) is 2.95. The fourth-order valence-corrected chi connectivity index (χ4v) is 2.95. The van der Waals surface area contributed by atoms with Crippen LogP contribution in [0.15, 0.2) is 55.5 Å². The number of aromatic nitrogens is 5. The molecule has 3 aromatic rings. The number of anilines is 1. The van der Waals surface area contributed by atoms with Crippen LogP contribution in [0.25, 0.3) is 5.82 Å². The Hall–Kier alpha value is -2.76. The molecule has 1 fully saturated rings. The number of hydrogen-bond donors (Lipinski definition) is 0. The van der Waals surface area contributed by atoms with Gasteiger partial charge in [-0.25, -0.2) is 15.0 Å². The molecule has 3 aromatic heterocycles. The molecule has 0 amide bonds. The first-order valence-corrected chi connectivity index (χ1v) is 7.40. The SMILES string of the molecule is c1cc(C2CCCN2c2cnccn2)nc(-n2ccnc2)c1. The van der Waals surface area contributed by atoms with Gasteiger partial charge in [0.1, 0.15) is 18.0 Å². The molecule has 110 valence electrons. The van der Waals surface area contributed by atoms with Gasteiger partial charge in [0, 0.05) is 31.3 Å². The van der Waals surface area contributed by atoms with Crippen molar-refractivity contribution in [3.05, 3.63) is 61.2 Å². The molecule has 4 rings (SSSR count). The quantitative estimate of drug-likeness (QED) is 0.742. The van der Waals surface area contributed by atoms with Crippen LogP contribution >= 0.6 is 0 Å². The molecule has 6 heteroatoms. The van der Waals surface area contributed by atoms with E-state index in [1.165, 1.54) is 0 Å². The molecule has 4 heterocycles. The second-order valence-electron chi connectivity index (χ2n) is 5.31. The first-order chi connectivity index (χ1) is 10.9. The molecule has 6 nitrogen and oxygen atoms in total. The van der Waals surface area contributed by atoms with Gasteiger partial charge in [0.15, 0.2) is 0 Å². The van der Waals surface area contributed by atoms with Gasteiger partial charge in [0.25, 0.3) is 0 Å². The minimum atomic E-state index is 0.250. The fraction of sp³-hybridized carbons (Fsp3) is 0.250. The number of rotatable bonds is 3. The molecule has 1 atom stereocenters. The molecule has 0 radical (unpaired) electrons. The Labute approximate surface area is 128 Å². The third kappa shape index (κ3) is 2.32. The van der Waals surface area contributed by atoms with E-state index in [1.807, 2.05) is 29.1 Å². The van der Waals surface area contributed by atoms with Gasteiger partial charge < -0.3 is 4.90 Å². The highest BCUT2D eigenvalue weighted by atomic mass is 15.2. The Morgan fingerprint density at radius 1 is 1.05 bits per heavy atom. The van der Waals surface area contributed by atoms with Crippen LogP contribution in [0.5, 0.6) is 0 Å². The molecule has 0 aromatic carbocycles. The molecule has 0 saturated carbocycles. The highest BCUT2D eigenvalue weighted by Crippen LogP contribution is 2.34. The molecule has 22 heavy (non-hydrogen) atoms. The van der Waals surface area contributed by atoms with Gasteiger partial charge in [-0.05, 0) is 25.0 Å². The van der Waals surface area contributed by atoms with Gasteiger partial charge in [0.05, 0.1) is 17.9 Å². The summed E-state index contributed by atoms with van der Waals surface area (Å²) in [5.41, 5.74) is 1.06. The molecule has 0 N–H and O–H groups in total. The molecule has 1 aliphatic heterocycles. The first kappa shape index (κ1) is 12.9. The molecule has 1 unspecified atom stereocenters. The van der Waals surface area contributed by atoms with Crippen LogP contribution in [0.1, 0.15) is 24.6 Å². The Bertz CT molecular complexity index is 740. The van der Waals surface area contributed by atoms with Gasteiger partial charge >= 0.3 is 0 Å². The van der Waals surface area contributed by atoms with Crippen molar-refractivity contribution in [2.75, 3.05) is 11.4 Å². The maximum absolute atomic E-state index is 4.81. The van der Waals surface area contributed by atoms with Gasteiger partial charge in [0.2, 0.25) is 0 Å². The van der Waals surface area contributed by atoms with Crippen LogP contribution in [-0.2, 0) is 0 Å². The van der Waals surface area contributed by atoms with Crippen LogP contribution in [0, 0.1) is 0 Å². The lowest BCUT2D eigenvalue weighted by Crippen LogP contribution is -2.24. The number of pyridine rings is 1. The first-order valence-electron chi connectivity index (χ1n) is 7.40. The van der Waals surface area contributed by atoms with Gasteiger partial charge in [-0.15, -0.1) is 0 Å². The monoisotopic (exact) mass is 292 g/mol. The number of nitrogens with zero attached hydrogens (tertiary/aromatic N) is 6. The smallest absolute Gasteiger partial charge is 0.147 e. The van der Waals surface area contributed by atoms with Crippen molar-refractivity contribution in [2.45, 2.75) is 18.9 Å². The second kappa shape index (κ2) is 5.55. The Kier molecular flexibility index (Phi) is 3.27. The van der Waals surface area contributed by atoms with E-state index < -0.39 is 0 Å². The predicted octanol–water partition coefficient (Wildman–Crippen LogP) is 2.40. The molecule has 0 aliphatic carbocycles. The topological polar surface area (TPSA) is 59.7 Å². The zero-order valence-corrected chi connectivity index (χ0v) is 12.1. The van der Waals surface area contributed by atoms with Crippen LogP contribution < -0.4 is 4.90 Å². The predicted molar refractivity (Wildman–Crippen MR) is 82.7 cm³/mol. The molecule has 0 spiro atoms. The second-order valence-corrected chi connectivity index (χ2v) is 5.31. The lowest BCUT2D eigenvalue weighted by Gasteiger charge is -2.25. The number of hydrogen-bond acceptors (Lipinski definition) is 5. The van der Waals surface area contributed by atoms with Crippen LogP contribution in [0.3, 0.4) is 0 Å². The third-order valence-corrected chi connectivity index (χ3v) is 3.96. The Morgan fingerprint density at radius 3 is 2.86 bits per heavy atom. The minimum absolute atomic E-state index is 0.250. The van der Waals surface area contributed by atoms with E-state index in [0.29, 0.717) is 0 Å². The van der Waals surface area contributed by atoms with Gasteiger partial charge in [-0.3, -0.25) is 9.55 Å². The molecular weight excluding hydrogens is 276 g/mol. The Morgan fingerprint density at radius 2 is 2.05 bits per heavy atom. The summed E-state index contributed by atoms with van der Waals surface area (Å²) in [5, 5.41) is 0. The van der Waals surface area contributed by atoms with E-state index in [-0.39, 0.29) is 6.04 Å². The lowest BCUT2D eigenvalue weighted by molar-refractivity contribution is 0.683. The zero-order chi connectivity index (χ0) is 14.8. The summed E-state index contributed by atoms with van der Waals surface area (Å²) in [6.07, 6.45) is 12.9. The van der Waals surface area contributed by atoms with Crippen molar-refractivity contribution >= 4 is 5.82 Å². The standard InChI is InChI=1S/C16H16N6/c1-3-13(20-15(5-1)21-10-8-18-12-21)14-4-2-9-22(14)16-11-17-6-7-19-16/h1,3,5-8,10-12,14H,2,4,9H2. The average Bonchev–Trinajstić information content (AvgIpc) is 3.27. The van der Waals surface area contributed by atoms with E-state index in [1.54, 1.807) is 24.9 Å². The van der Waals surface area contributed by atoms with E-state index >= 15 is 0 Å². The van der Waals surface area contributed by atoms with Crippen molar-refractivity contribution in [1.82, 2.24) is 24.5 Å². The summed E-state index contributed by atoms with van der Waals surface area (Å²) >= 11 is 0. The summed E-state index contributed by atoms with van der Waals surface area (Å²) in [7, 11) is 0. The van der Waals surface area contributed by atoms with Crippen LogP contribution in [0.2, 0.25) is 0 Å². The summed E-state index contributed by atoms with van der Waals surface area (Å²) in [6.45, 7) is 0.986. The lowest BCUT2D eigenvalue weighted by atomic mass is 10.1. The van der Waals surface area contributed by atoms with Crippen molar-refractivity contribution < 1.29 is 0 Å². The van der Waals surface area contributed by atoms with Gasteiger partial charge in [-0.1, -0.05) is 6.07 Å². The summed E-state index contributed by atoms with van der Waals surface area (Å²) < 4.78 is 1.92. The summed E-state index contributed by atoms with van der Waals surface area (Å²) in [5.74, 6) is 1.81. The zero-order valence-electron chi connectivity index (χ0n) is 12.1. The molecule has 0 bridgehead atoms. The highest BCUT2D eigenvalue weighted by molar-refractivity contribution is 5.41. The van der Waals surface area contributed by atoms with E-state index in [2.05, 4.69) is 25.9 Å². The molecular formula is C16H16N6. The number of imidazole rings is 1. The Balaban J connectivity index is 1.68. The largest absolute Gasteiger partial charge is 0.347 e. The third-order valence-electron chi connectivity index (χ3n) is 3.96. The van der Waals surface area contributed by atoms with Crippen molar-refractivity contribution in [3.8, 4) is 5.82 Å². The van der Waals surface area contributed by atoms with E-state index in [0.717, 1.165) is 36.7 Å². The van der Waals surface area contributed by atoms with Crippen LogP contribution in [0.4, 0.5) is 5.82 Å². The maximum Gasteiger partial charge on any atom is 0.147 e. The molecule has 1 aliphatic rings. The summed E-state index contributed by atoms with van der Waals surface area (Å²) in [4.78, 5) is 19.8. The molecule has 1 saturated heterocycles. The van der Waals surface area contributed by atoms with Crippen LogP contribution in [-0.4, -0.2) is 31.0 Å². The van der Waals surface area contributed by atoms with Gasteiger partial charge in [-0.2, -0.15) is 0 Å². The van der Waals surface area contributed by atoms with E-state index in [9.17, 15) is 0 Å². The van der Waals surface area contributed by atoms with Crippen molar-refractivity contribution in [2.24, 2.45) is 0 Å². The van der Waals surface area contributed by atoms with Crippen molar-refractivity contribution in [3.63, 3.8) is 0 Å². The highest BCUT2D eigenvalue weighted by Gasteiger charge is 2.28. The van der Waals surface area contributed by atoms with Crippen molar-refractivity contribution in [1.29, 1.82) is 0 Å². The maximum atomic E-state index is 4.81. The normalized spacial score (nSPS) is 17.8. The minimum Gasteiger partial charge on any atom is -0.347 e. The summed E-state index contributed by atoms with van der Waals surface area (Å²) in [6, 6.07) is 6.37. The average molecular weight is 292 g/mol.